The molecule has 0 aromatic heterocycles. The van der Waals surface area contributed by atoms with Crippen LogP contribution in [0.1, 0.15) is 39.2 Å². The van der Waals surface area contributed by atoms with E-state index in [1.54, 1.807) is 26.2 Å². The van der Waals surface area contributed by atoms with E-state index in [2.05, 4.69) is 5.32 Å². The van der Waals surface area contributed by atoms with E-state index >= 15 is 0 Å². The first kappa shape index (κ1) is 28.1. The van der Waals surface area contributed by atoms with Crippen molar-refractivity contribution in [1.29, 1.82) is 0 Å². The molecule has 0 aliphatic heterocycles. The van der Waals surface area contributed by atoms with Crippen molar-refractivity contribution >= 4 is 27.5 Å². The van der Waals surface area contributed by atoms with E-state index in [0.29, 0.717) is 11.4 Å². The number of benzene rings is 2. The Morgan fingerprint density at radius 2 is 1.74 bits per heavy atom. The summed E-state index contributed by atoms with van der Waals surface area (Å²) in [5.41, 5.74) is 1.12. The predicted molar refractivity (Wildman–Crippen MR) is 134 cm³/mol. The molecule has 35 heavy (non-hydrogen) atoms. The third-order valence-corrected chi connectivity index (χ3v) is 6.55. The summed E-state index contributed by atoms with van der Waals surface area (Å²) in [5.74, 6) is -0.399. The number of nitrogens with one attached hydrogen (secondary N) is 1. The van der Waals surface area contributed by atoms with Gasteiger partial charge in [0.25, 0.3) is 0 Å². The van der Waals surface area contributed by atoms with Crippen LogP contribution in [-0.2, 0) is 26.2 Å². The van der Waals surface area contributed by atoms with E-state index in [0.717, 1.165) is 16.1 Å². The van der Waals surface area contributed by atoms with Gasteiger partial charge in [-0.25, -0.2) is 12.8 Å². The van der Waals surface area contributed by atoms with Gasteiger partial charge in [-0.2, -0.15) is 0 Å². The van der Waals surface area contributed by atoms with Gasteiger partial charge in [-0.1, -0.05) is 12.1 Å². The van der Waals surface area contributed by atoms with Gasteiger partial charge in [-0.15, -0.1) is 0 Å². The van der Waals surface area contributed by atoms with Crippen molar-refractivity contribution in [2.24, 2.45) is 0 Å². The fraction of sp³-hybridized carbons (Fsp3) is 0.440. The molecule has 0 spiro atoms. The van der Waals surface area contributed by atoms with E-state index < -0.39 is 21.9 Å². The van der Waals surface area contributed by atoms with Crippen molar-refractivity contribution in [3.8, 4) is 5.75 Å². The zero-order chi connectivity index (χ0) is 26.2. The maximum atomic E-state index is 13.3. The van der Waals surface area contributed by atoms with E-state index in [1.807, 2.05) is 26.0 Å². The summed E-state index contributed by atoms with van der Waals surface area (Å²) in [4.78, 5) is 27.4. The highest BCUT2D eigenvalue weighted by atomic mass is 32.2. The smallest absolute Gasteiger partial charge is 0.242 e. The second-order valence-corrected chi connectivity index (χ2v) is 10.5. The number of ether oxygens (including phenoxy) is 1. The second kappa shape index (κ2) is 12.5. The molecular formula is C25H34FN3O5S. The van der Waals surface area contributed by atoms with E-state index in [9.17, 15) is 22.4 Å². The Morgan fingerprint density at radius 1 is 1.09 bits per heavy atom. The predicted octanol–water partition coefficient (Wildman–Crippen LogP) is 3.32. The average Bonchev–Trinajstić information content (AvgIpc) is 2.79. The lowest BCUT2D eigenvalue weighted by Crippen LogP contribution is -2.49. The Kier molecular flexibility index (Phi) is 10.1. The molecule has 2 rings (SSSR count). The molecule has 0 saturated heterocycles. The van der Waals surface area contributed by atoms with Gasteiger partial charge in [0.15, 0.2) is 0 Å². The summed E-state index contributed by atoms with van der Waals surface area (Å²) in [6, 6.07) is 11.5. The molecule has 0 aliphatic carbocycles. The molecule has 0 bridgehead atoms. The molecule has 0 fully saturated rings. The summed E-state index contributed by atoms with van der Waals surface area (Å²) in [6.07, 6.45) is 1.30. The van der Waals surface area contributed by atoms with Gasteiger partial charge in [0.05, 0.1) is 19.1 Å². The highest BCUT2D eigenvalue weighted by molar-refractivity contribution is 7.92. The number of hydrogen-bond donors (Lipinski definition) is 1. The van der Waals surface area contributed by atoms with Crippen molar-refractivity contribution in [1.82, 2.24) is 10.2 Å². The molecule has 192 valence electrons. The molecule has 10 heteroatoms. The highest BCUT2D eigenvalue weighted by Crippen LogP contribution is 2.20. The normalized spacial score (nSPS) is 12.2. The Labute approximate surface area is 207 Å². The summed E-state index contributed by atoms with van der Waals surface area (Å²) in [7, 11) is -2.09. The minimum atomic E-state index is -3.64. The molecule has 0 saturated carbocycles. The van der Waals surface area contributed by atoms with Crippen molar-refractivity contribution in [2.45, 2.75) is 52.2 Å². The third-order valence-electron chi connectivity index (χ3n) is 5.35. The third kappa shape index (κ3) is 8.54. The summed E-state index contributed by atoms with van der Waals surface area (Å²) < 4.78 is 44.3. The Hall–Kier alpha value is -3.14. The molecule has 2 aromatic carbocycles. The number of anilines is 1. The average molecular weight is 508 g/mol. The maximum absolute atomic E-state index is 13.3. The van der Waals surface area contributed by atoms with Crippen LogP contribution in [0.15, 0.2) is 48.5 Å². The van der Waals surface area contributed by atoms with Crippen LogP contribution < -0.4 is 14.4 Å². The van der Waals surface area contributed by atoms with Crippen molar-refractivity contribution in [2.75, 3.05) is 24.2 Å². The van der Waals surface area contributed by atoms with Gasteiger partial charge in [0, 0.05) is 25.6 Å². The number of hydrogen-bond acceptors (Lipinski definition) is 5. The minimum absolute atomic E-state index is 0.0243. The molecule has 8 nitrogen and oxygen atoms in total. The fourth-order valence-corrected chi connectivity index (χ4v) is 4.53. The van der Waals surface area contributed by atoms with E-state index in [1.165, 1.54) is 29.2 Å². The first-order chi connectivity index (χ1) is 16.4. The van der Waals surface area contributed by atoms with Crippen LogP contribution in [0.3, 0.4) is 0 Å². The summed E-state index contributed by atoms with van der Waals surface area (Å²) >= 11 is 0. The molecule has 1 atom stereocenters. The monoisotopic (exact) mass is 507 g/mol. The quantitative estimate of drug-likeness (QED) is 0.476. The Balaban J connectivity index is 2.18. The number of nitrogens with zero attached hydrogens (tertiary/aromatic N) is 2. The number of carbonyl (C=O) groups is 2. The summed E-state index contributed by atoms with van der Waals surface area (Å²) in [6.45, 7) is 5.57. The molecule has 1 N–H and O–H groups in total. The zero-order valence-electron chi connectivity index (χ0n) is 20.8. The van der Waals surface area contributed by atoms with Crippen molar-refractivity contribution in [3.63, 3.8) is 0 Å². The SMILES string of the molecule is COc1cccc(CN(C(=O)CCCN(c2ccc(F)cc2)S(C)(=O)=O)C(C)C(=O)NC(C)C)c1. The van der Waals surface area contributed by atoms with Crippen LogP contribution in [0.4, 0.5) is 10.1 Å². The van der Waals surface area contributed by atoms with Gasteiger partial charge in [0.1, 0.15) is 17.6 Å². The number of sulfonamides is 1. The molecule has 2 aromatic rings. The van der Waals surface area contributed by atoms with Crippen LogP contribution in [-0.4, -0.2) is 57.1 Å². The van der Waals surface area contributed by atoms with Crippen LogP contribution in [0.5, 0.6) is 5.75 Å². The van der Waals surface area contributed by atoms with Crippen molar-refractivity contribution < 1.29 is 27.1 Å². The fourth-order valence-electron chi connectivity index (χ4n) is 3.57. The lowest BCUT2D eigenvalue weighted by atomic mass is 10.1. The number of halogens is 1. The van der Waals surface area contributed by atoms with Gasteiger partial charge in [0.2, 0.25) is 21.8 Å². The lowest BCUT2D eigenvalue weighted by Gasteiger charge is -2.30. The highest BCUT2D eigenvalue weighted by Gasteiger charge is 2.27. The van der Waals surface area contributed by atoms with Crippen molar-refractivity contribution in [3.05, 3.63) is 59.9 Å². The molecular weight excluding hydrogens is 473 g/mol. The lowest BCUT2D eigenvalue weighted by molar-refractivity contribution is -0.140. The molecule has 2 amide bonds. The van der Waals surface area contributed by atoms with E-state index in [4.69, 9.17) is 4.74 Å². The van der Waals surface area contributed by atoms with E-state index in [-0.39, 0.29) is 43.8 Å². The Bertz CT molecular complexity index is 1110. The molecule has 1 unspecified atom stereocenters. The standard InChI is InChI=1S/C25H34FN3O5S/c1-18(2)27-25(31)19(3)28(17-20-8-6-9-23(16-20)34-4)24(30)10-7-15-29(35(5,32)33)22-13-11-21(26)12-14-22/h6,8-9,11-14,16,18-19H,7,10,15,17H2,1-5H3,(H,27,31). The minimum Gasteiger partial charge on any atom is -0.497 e. The number of rotatable bonds is 12. The van der Waals surface area contributed by atoms with Gasteiger partial charge < -0.3 is 15.0 Å². The van der Waals surface area contributed by atoms with Gasteiger partial charge in [-0.3, -0.25) is 13.9 Å². The Morgan fingerprint density at radius 3 is 2.31 bits per heavy atom. The molecule has 0 heterocycles. The topological polar surface area (TPSA) is 96.0 Å². The van der Waals surface area contributed by atoms with Gasteiger partial charge >= 0.3 is 0 Å². The van der Waals surface area contributed by atoms with Crippen LogP contribution in [0, 0.1) is 5.82 Å². The first-order valence-electron chi connectivity index (χ1n) is 11.4. The second-order valence-electron chi connectivity index (χ2n) is 8.63. The van der Waals surface area contributed by atoms with Gasteiger partial charge in [-0.05, 0) is 69.2 Å². The summed E-state index contributed by atoms with van der Waals surface area (Å²) in [5, 5.41) is 2.83. The van der Waals surface area contributed by atoms with Crippen LogP contribution >= 0.6 is 0 Å². The molecule has 0 aliphatic rings. The largest absolute Gasteiger partial charge is 0.497 e. The van der Waals surface area contributed by atoms with Crippen LogP contribution in [0.2, 0.25) is 0 Å². The maximum Gasteiger partial charge on any atom is 0.242 e. The first-order valence-corrected chi connectivity index (χ1v) is 13.2. The van der Waals surface area contributed by atoms with Crippen LogP contribution in [0.25, 0.3) is 0 Å². The zero-order valence-corrected chi connectivity index (χ0v) is 21.6. The number of carbonyl (C=O) groups excluding carboxylic acids is 2. The number of methoxy groups -OCH3 is 1. The number of amides is 2. The molecule has 0 radical (unpaired) electrons.